The molecule has 31 heavy (non-hydrogen) atoms. The highest BCUT2D eigenvalue weighted by Gasteiger charge is 2.26. The number of unbranched alkanes of at least 4 members (excludes halogenated alkanes) is 1. The Balaban J connectivity index is 1.18. The standard InChI is InChI=1S/C24H34N4O3/c29-22-9-10-23(30)28(21-8-2-1-7-20(21)22)14-6-3-11-25-15-17-26(18-16-25)19-24(31)27-12-4-5-13-27/h1-2,7-8H,3-6,9-19H2. The van der Waals surface area contributed by atoms with Gasteiger partial charge in [-0.1, -0.05) is 12.1 Å². The van der Waals surface area contributed by atoms with Crippen LogP contribution in [0.5, 0.6) is 0 Å². The van der Waals surface area contributed by atoms with E-state index in [2.05, 4.69) is 9.80 Å². The Morgan fingerprint density at radius 2 is 1.48 bits per heavy atom. The Labute approximate surface area is 185 Å². The number of fused-ring (bicyclic) bond motifs is 1. The summed E-state index contributed by atoms with van der Waals surface area (Å²) < 4.78 is 0. The van der Waals surface area contributed by atoms with Gasteiger partial charge in [0, 0.05) is 64.2 Å². The molecule has 0 bridgehead atoms. The van der Waals surface area contributed by atoms with Crippen LogP contribution in [0.1, 0.15) is 48.9 Å². The Hall–Kier alpha value is -2.25. The number of likely N-dealkylation sites (tertiary alicyclic amines) is 1. The first-order valence-corrected chi connectivity index (χ1v) is 11.8. The maximum atomic E-state index is 12.6. The third kappa shape index (κ3) is 5.52. The number of carbonyl (C=O) groups excluding carboxylic acids is 3. The third-order valence-corrected chi connectivity index (χ3v) is 6.75. The summed E-state index contributed by atoms with van der Waals surface area (Å²) in [5.74, 6) is 0.397. The molecular weight excluding hydrogens is 392 g/mol. The average Bonchev–Trinajstić information content (AvgIpc) is 3.30. The number of hydrogen-bond donors (Lipinski definition) is 0. The Kier molecular flexibility index (Phi) is 7.35. The van der Waals surface area contributed by atoms with Crippen LogP contribution >= 0.6 is 0 Å². The van der Waals surface area contributed by atoms with Crippen molar-refractivity contribution in [1.29, 1.82) is 0 Å². The van der Waals surface area contributed by atoms with Crippen molar-refractivity contribution >= 4 is 23.3 Å². The second kappa shape index (κ2) is 10.4. The molecule has 2 saturated heterocycles. The molecule has 0 unspecified atom stereocenters. The molecule has 1 aromatic rings. The van der Waals surface area contributed by atoms with E-state index < -0.39 is 0 Å². The molecule has 0 aromatic heterocycles. The first-order valence-electron chi connectivity index (χ1n) is 11.8. The molecule has 3 aliphatic heterocycles. The van der Waals surface area contributed by atoms with Crippen molar-refractivity contribution in [3.8, 4) is 0 Å². The third-order valence-electron chi connectivity index (χ3n) is 6.75. The number of rotatable bonds is 7. The fraction of sp³-hybridized carbons (Fsp3) is 0.625. The number of piperazine rings is 1. The van der Waals surface area contributed by atoms with E-state index in [4.69, 9.17) is 0 Å². The van der Waals surface area contributed by atoms with Gasteiger partial charge in [0.05, 0.1) is 12.2 Å². The number of amides is 2. The van der Waals surface area contributed by atoms with Gasteiger partial charge in [0.2, 0.25) is 11.8 Å². The van der Waals surface area contributed by atoms with E-state index >= 15 is 0 Å². The SMILES string of the molecule is O=C1CCC(=O)N(CCCCN2CCN(CC(=O)N3CCCC3)CC2)c2ccccc21. The predicted molar refractivity (Wildman–Crippen MR) is 120 cm³/mol. The number of ketones is 1. The number of Topliss-reactive ketones (excluding diaryl/α,β-unsaturated/α-hetero) is 1. The van der Waals surface area contributed by atoms with Crippen LogP contribution in [0.2, 0.25) is 0 Å². The van der Waals surface area contributed by atoms with Crippen molar-refractivity contribution in [3.63, 3.8) is 0 Å². The van der Waals surface area contributed by atoms with Gasteiger partial charge in [0.25, 0.3) is 0 Å². The van der Waals surface area contributed by atoms with E-state index in [1.807, 2.05) is 34.1 Å². The predicted octanol–water partition coefficient (Wildman–Crippen LogP) is 2.02. The second-order valence-corrected chi connectivity index (χ2v) is 8.90. The number of hydrogen-bond acceptors (Lipinski definition) is 5. The van der Waals surface area contributed by atoms with Crippen molar-refractivity contribution in [1.82, 2.24) is 14.7 Å². The van der Waals surface area contributed by atoms with Gasteiger partial charge in [0.1, 0.15) is 0 Å². The molecule has 0 atom stereocenters. The number of nitrogens with zero attached hydrogens (tertiary/aromatic N) is 4. The van der Waals surface area contributed by atoms with Crippen LogP contribution in [-0.2, 0) is 9.59 Å². The molecule has 4 rings (SSSR count). The largest absolute Gasteiger partial charge is 0.342 e. The van der Waals surface area contributed by atoms with E-state index in [1.165, 1.54) is 0 Å². The highest BCUT2D eigenvalue weighted by Crippen LogP contribution is 2.27. The van der Waals surface area contributed by atoms with Crippen LogP contribution < -0.4 is 4.90 Å². The lowest BCUT2D eigenvalue weighted by atomic mass is 10.1. The van der Waals surface area contributed by atoms with Crippen LogP contribution in [0.3, 0.4) is 0 Å². The van der Waals surface area contributed by atoms with Crippen LogP contribution in [-0.4, -0.2) is 91.2 Å². The van der Waals surface area contributed by atoms with Gasteiger partial charge in [-0.3, -0.25) is 19.3 Å². The average molecular weight is 427 g/mol. The van der Waals surface area contributed by atoms with E-state index in [9.17, 15) is 14.4 Å². The molecule has 168 valence electrons. The lowest BCUT2D eigenvalue weighted by molar-refractivity contribution is -0.131. The number of carbonyl (C=O) groups is 3. The fourth-order valence-corrected chi connectivity index (χ4v) is 4.85. The van der Waals surface area contributed by atoms with Crippen LogP contribution in [0.25, 0.3) is 0 Å². The van der Waals surface area contributed by atoms with Gasteiger partial charge < -0.3 is 14.7 Å². The number of anilines is 1. The lowest BCUT2D eigenvalue weighted by Gasteiger charge is -2.35. The zero-order valence-electron chi connectivity index (χ0n) is 18.4. The van der Waals surface area contributed by atoms with E-state index in [-0.39, 0.29) is 17.6 Å². The van der Waals surface area contributed by atoms with E-state index in [0.717, 1.165) is 77.2 Å². The molecule has 0 N–H and O–H groups in total. The zero-order chi connectivity index (χ0) is 21.6. The first-order chi connectivity index (χ1) is 15.1. The summed E-state index contributed by atoms with van der Waals surface area (Å²) in [7, 11) is 0. The molecule has 0 radical (unpaired) electrons. The number of para-hydroxylation sites is 1. The van der Waals surface area contributed by atoms with Crippen molar-refractivity contribution in [2.75, 3.05) is 63.8 Å². The van der Waals surface area contributed by atoms with Crippen LogP contribution in [0, 0.1) is 0 Å². The molecule has 3 aliphatic rings. The first kappa shape index (κ1) is 22.0. The Bertz CT molecular complexity index is 798. The molecule has 3 heterocycles. The van der Waals surface area contributed by atoms with Crippen molar-refractivity contribution in [2.24, 2.45) is 0 Å². The summed E-state index contributed by atoms with van der Waals surface area (Å²) in [4.78, 5) is 45.7. The summed E-state index contributed by atoms with van der Waals surface area (Å²) in [6, 6.07) is 7.48. The summed E-state index contributed by atoms with van der Waals surface area (Å²) in [5, 5.41) is 0. The normalized spacial score (nSPS) is 20.8. The van der Waals surface area contributed by atoms with Crippen molar-refractivity contribution in [3.05, 3.63) is 29.8 Å². The molecule has 1 aromatic carbocycles. The lowest BCUT2D eigenvalue weighted by Crippen LogP contribution is -2.49. The van der Waals surface area contributed by atoms with Gasteiger partial charge in [-0.15, -0.1) is 0 Å². The van der Waals surface area contributed by atoms with Crippen molar-refractivity contribution in [2.45, 2.75) is 38.5 Å². The van der Waals surface area contributed by atoms with Crippen LogP contribution in [0.4, 0.5) is 5.69 Å². The zero-order valence-corrected chi connectivity index (χ0v) is 18.4. The molecule has 0 saturated carbocycles. The second-order valence-electron chi connectivity index (χ2n) is 8.90. The van der Waals surface area contributed by atoms with Gasteiger partial charge in [-0.2, -0.15) is 0 Å². The van der Waals surface area contributed by atoms with Gasteiger partial charge in [0.15, 0.2) is 5.78 Å². The monoisotopic (exact) mass is 426 g/mol. The molecule has 7 nitrogen and oxygen atoms in total. The Morgan fingerprint density at radius 1 is 0.806 bits per heavy atom. The van der Waals surface area contributed by atoms with Gasteiger partial charge in [-0.05, 0) is 44.4 Å². The number of benzene rings is 1. The van der Waals surface area contributed by atoms with Gasteiger partial charge >= 0.3 is 0 Å². The summed E-state index contributed by atoms with van der Waals surface area (Å²) in [6.07, 6.45) is 4.83. The minimum atomic E-state index is 0.0505. The van der Waals surface area contributed by atoms with Gasteiger partial charge in [-0.25, -0.2) is 0 Å². The highest BCUT2D eigenvalue weighted by molar-refractivity contribution is 6.10. The molecule has 2 amide bonds. The van der Waals surface area contributed by atoms with Crippen molar-refractivity contribution < 1.29 is 14.4 Å². The van der Waals surface area contributed by atoms with E-state index in [0.29, 0.717) is 31.5 Å². The highest BCUT2D eigenvalue weighted by atomic mass is 16.2. The summed E-state index contributed by atoms with van der Waals surface area (Å²) >= 11 is 0. The maximum absolute atomic E-state index is 12.6. The minimum Gasteiger partial charge on any atom is -0.342 e. The molecular formula is C24H34N4O3. The molecule has 0 spiro atoms. The maximum Gasteiger partial charge on any atom is 0.236 e. The van der Waals surface area contributed by atoms with Crippen LogP contribution in [0.15, 0.2) is 24.3 Å². The van der Waals surface area contributed by atoms with E-state index in [1.54, 1.807) is 0 Å². The topological polar surface area (TPSA) is 64.2 Å². The summed E-state index contributed by atoms with van der Waals surface area (Å²) in [6.45, 7) is 7.96. The Morgan fingerprint density at radius 3 is 2.26 bits per heavy atom. The molecule has 0 aliphatic carbocycles. The molecule has 2 fully saturated rings. The minimum absolute atomic E-state index is 0.0505. The quantitative estimate of drug-likeness (QED) is 0.624. The smallest absolute Gasteiger partial charge is 0.236 e. The summed E-state index contributed by atoms with van der Waals surface area (Å²) in [5.41, 5.74) is 1.44. The molecule has 7 heteroatoms. The fourth-order valence-electron chi connectivity index (χ4n) is 4.85.